The largest absolute Gasteiger partial charge is 0.507 e. The number of rotatable bonds is 3. The van der Waals surface area contributed by atoms with Crippen LogP contribution in [-0.2, 0) is 0 Å². The van der Waals surface area contributed by atoms with Crippen molar-refractivity contribution in [3.05, 3.63) is 83.2 Å². The Kier molecular flexibility index (Phi) is 4.12. The van der Waals surface area contributed by atoms with E-state index < -0.39 is 6.23 Å². The lowest BCUT2D eigenvalue weighted by molar-refractivity contribution is -0.0236. The summed E-state index contributed by atoms with van der Waals surface area (Å²) in [4.78, 5) is 4.49. The fraction of sp³-hybridized carbons (Fsp3) is 0.217. The number of para-hydroxylation sites is 1. The number of pyridine rings is 1. The molecule has 0 spiro atoms. The third kappa shape index (κ3) is 2.88. The first-order chi connectivity index (χ1) is 14.2. The maximum absolute atomic E-state index is 10.4. The molecule has 29 heavy (non-hydrogen) atoms. The van der Waals surface area contributed by atoms with Crippen LogP contribution in [-0.4, -0.2) is 27.9 Å². The zero-order chi connectivity index (χ0) is 20.0. The van der Waals surface area contributed by atoms with Gasteiger partial charge in [-0.05, 0) is 37.3 Å². The molecule has 2 aliphatic heterocycles. The number of ether oxygens (including phenoxy) is 2. The first-order valence-electron chi connectivity index (χ1n) is 9.56. The molecule has 0 amide bonds. The summed E-state index contributed by atoms with van der Waals surface area (Å²) in [6, 6.07) is 17.2. The van der Waals surface area contributed by atoms with Gasteiger partial charge in [-0.15, -0.1) is 0 Å². The maximum atomic E-state index is 10.4. The van der Waals surface area contributed by atoms with Gasteiger partial charge in [-0.2, -0.15) is 5.10 Å². The van der Waals surface area contributed by atoms with E-state index in [0.717, 1.165) is 33.8 Å². The zero-order valence-corrected chi connectivity index (χ0v) is 16.2. The standard InChI is InChI=1S/C23H21N3O3/c1-14-9-10-20(27)16(12-14)18-13-19-15-6-5-8-21(28-2)22(15)29-23(26(19)25-18)17-7-3-4-11-24-17/h3-12,19,23,27H,13H2,1-2H3. The first-order valence-corrected chi connectivity index (χ1v) is 9.56. The van der Waals surface area contributed by atoms with Crippen molar-refractivity contribution in [2.75, 3.05) is 7.11 Å². The van der Waals surface area contributed by atoms with Crippen LogP contribution in [0.15, 0.2) is 65.9 Å². The molecular weight excluding hydrogens is 366 g/mol. The SMILES string of the molecule is COc1cccc2c1OC(c1ccccn1)N1N=C(c3cc(C)ccc3O)CC21. The second kappa shape index (κ2) is 6.81. The van der Waals surface area contributed by atoms with E-state index in [1.165, 1.54) is 0 Å². The lowest BCUT2D eigenvalue weighted by Gasteiger charge is -2.38. The number of hydrogen-bond donors (Lipinski definition) is 1. The normalized spacial score (nSPS) is 19.8. The van der Waals surface area contributed by atoms with Gasteiger partial charge in [0.25, 0.3) is 0 Å². The Morgan fingerprint density at radius 1 is 1.14 bits per heavy atom. The van der Waals surface area contributed by atoms with Gasteiger partial charge in [0.15, 0.2) is 11.5 Å². The summed E-state index contributed by atoms with van der Waals surface area (Å²) in [6.07, 6.45) is 1.93. The molecule has 2 atom stereocenters. The van der Waals surface area contributed by atoms with Gasteiger partial charge in [0.1, 0.15) is 11.4 Å². The molecule has 5 rings (SSSR count). The number of phenols is 1. The van der Waals surface area contributed by atoms with Crippen LogP contribution in [0, 0.1) is 6.92 Å². The summed E-state index contributed by atoms with van der Waals surface area (Å²) in [5, 5.41) is 17.3. The van der Waals surface area contributed by atoms with Gasteiger partial charge < -0.3 is 14.6 Å². The maximum Gasteiger partial charge on any atom is 0.230 e. The van der Waals surface area contributed by atoms with Gasteiger partial charge in [-0.3, -0.25) is 4.98 Å². The molecule has 0 radical (unpaired) electrons. The predicted molar refractivity (Wildman–Crippen MR) is 109 cm³/mol. The number of fused-ring (bicyclic) bond motifs is 3. The van der Waals surface area contributed by atoms with Gasteiger partial charge in [-0.25, -0.2) is 5.01 Å². The van der Waals surface area contributed by atoms with Gasteiger partial charge in [0, 0.05) is 23.7 Å². The number of hydrazone groups is 1. The minimum atomic E-state index is -0.477. The smallest absolute Gasteiger partial charge is 0.230 e. The summed E-state index contributed by atoms with van der Waals surface area (Å²) in [5.74, 6) is 1.64. The van der Waals surface area contributed by atoms with Crippen molar-refractivity contribution in [2.24, 2.45) is 5.10 Å². The molecule has 0 bridgehead atoms. The van der Waals surface area contributed by atoms with E-state index in [-0.39, 0.29) is 11.8 Å². The second-order valence-electron chi connectivity index (χ2n) is 7.27. The lowest BCUT2D eigenvalue weighted by Crippen LogP contribution is -2.34. The second-order valence-corrected chi connectivity index (χ2v) is 7.27. The monoisotopic (exact) mass is 387 g/mol. The van der Waals surface area contributed by atoms with E-state index in [4.69, 9.17) is 14.6 Å². The topological polar surface area (TPSA) is 67.2 Å². The fourth-order valence-corrected chi connectivity index (χ4v) is 4.01. The van der Waals surface area contributed by atoms with Crippen LogP contribution in [0.25, 0.3) is 0 Å². The number of methoxy groups -OCH3 is 1. The number of aromatic hydroxyl groups is 1. The van der Waals surface area contributed by atoms with Crippen molar-refractivity contribution in [3.63, 3.8) is 0 Å². The molecule has 6 heteroatoms. The molecular formula is C23H21N3O3. The van der Waals surface area contributed by atoms with Crippen molar-refractivity contribution in [1.82, 2.24) is 9.99 Å². The number of aromatic nitrogens is 1. The summed E-state index contributed by atoms with van der Waals surface area (Å²) >= 11 is 0. The summed E-state index contributed by atoms with van der Waals surface area (Å²) in [7, 11) is 1.64. The van der Waals surface area contributed by atoms with Crippen molar-refractivity contribution in [1.29, 1.82) is 0 Å². The fourth-order valence-electron chi connectivity index (χ4n) is 4.01. The highest BCUT2D eigenvalue weighted by atomic mass is 16.5. The van der Waals surface area contributed by atoms with Crippen LogP contribution >= 0.6 is 0 Å². The van der Waals surface area contributed by atoms with E-state index in [9.17, 15) is 5.11 Å². The molecule has 0 fully saturated rings. The van der Waals surface area contributed by atoms with Crippen LogP contribution in [0.3, 0.4) is 0 Å². The van der Waals surface area contributed by atoms with E-state index >= 15 is 0 Å². The van der Waals surface area contributed by atoms with Crippen LogP contribution in [0.1, 0.15) is 41.1 Å². The van der Waals surface area contributed by atoms with Crippen LogP contribution < -0.4 is 9.47 Å². The first kappa shape index (κ1) is 17.6. The van der Waals surface area contributed by atoms with E-state index in [0.29, 0.717) is 12.2 Å². The molecule has 2 aromatic carbocycles. The van der Waals surface area contributed by atoms with Gasteiger partial charge in [0.2, 0.25) is 6.23 Å². The van der Waals surface area contributed by atoms with Crippen LogP contribution in [0.4, 0.5) is 0 Å². The summed E-state index contributed by atoms with van der Waals surface area (Å²) in [5.41, 5.74) is 4.44. The molecule has 1 aromatic heterocycles. The molecule has 6 nitrogen and oxygen atoms in total. The molecule has 0 saturated carbocycles. The highest BCUT2D eigenvalue weighted by molar-refractivity contribution is 6.04. The molecule has 2 aliphatic rings. The molecule has 0 aliphatic carbocycles. The Balaban J connectivity index is 1.64. The zero-order valence-electron chi connectivity index (χ0n) is 16.2. The number of benzene rings is 2. The molecule has 1 N–H and O–H groups in total. The predicted octanol–water partition coefficient (Wildman–Crippen LogP) is 4.35. The van der Waals surface area contributed by atoms with E-state index in [1.807, 2.05) is 60.5 Å². The van der Waals surface area contributed by atoms with E-state index in [1.54, 1.807) is 19.4 Å². The Labute approximate surface area is 169 Å². The van der Waals surface area contributed by atoms with Crippen LogP contribution in [0.5, 0.6) is 17.2 Å². The molecule has 146 valence electrons. The van der Waals surface area contributed by atoms with Gasteiger partial charge >= 0.3 is 0 Å². The number of nitrogens with zero attached hydrogens (tertiary/aromatic N) is 3. The summed E-state index contributed by atoms with van der Waals surface area (Å²) in [6.45, 7) is 2.01. The third-order valence-corrected chi connectivity index (χ3v) is 5.40. The molecule has 3 heterocycles. The van der Waals surface area contributed by atoms with Crippen molar-refractivity contribution in [2.45, 2.75) is 25.6 Å². The Bertz CT molecular complexity index is 1100. The number of phenolic OH excluding ortho intramolecular Hbond substituents is 1. The van der Waals surface area contributed by atoms with Crippen LogP contribution in [0.2, 0.25) is 0 Å². The average Bonchev–Trinajstić information content (AvgIpc) is 3.20. The van der Waals surface area contributed by atoms with Gasteiger partial charge in [-0.1, -0.05) is 29.8 Å². The van der Waals surface area contributed by atoms with Crippen molar-refractivity contribution >= 4 is 5.71 Å². The number of hydrogen-bond acceptors (Lipinski definition) is 6. The van der Waals surface area contributed by atoms with Crippen molar-refractivity contribution in [3.8, 4) is 17.2 Å². The number of aryl methyl sites for hydroxylation is 1. The highest BCUT2D eigenvalue weighted by Crippen LogP contribution is 2.50. The van der Waals surface area contributed by atoms with E-state index in [2.05, 4.69) is 4.98 Å². The minimum Gasteiger partial charge on any atom is -0.507 e. The summed E-state index contributed by atoms with van der Waals surface area (Å²) < 4.78 is 11.9. The molecule has 0 saturated heterocycles. The molecule has 2 unspecified atom stereocenters. The average molecular weight is 387 g/mol. The lowest BCUT2D eigenvalue weighted by atomic mass is 9.95. The van der Waals surface area contributed by atoms with Crippen molar-refractivity contribution < 1.29 is 14.6 Å². The van der Waals surface area contributed by atoms with Gasteiger partial charge in [0.05, 0.1) is 18.9 Å². The third-order valence-electron chi connectivity index (χ3n) is 5.40. The quantitative estimate of drug-likeness (QED) is 0.724. The Hall–Kier alpha value is -3.54. The molecule has 3 aromatic rings. The minimum absolute atomic E-state index is 0.0317. The Morgan fingerprint density at radius 2 is 2.03 bits per heavy atom. The highest BCUT2D eigenvalue weighted by Gasteiger charge is 2.43. The Morgan fingerprint density at radius 3 is 2.83 bits per heavy atom.